The number of carbonyl (C=O) groups excluding carboxylic acids is 2. The Kier molecular flexibility index (Phi) is 9.33. The summed E-state index contributed by atoms with van der Waals surface area (Å²) in [6, 6.07) is 14.5. The number of benzene rings is 2. The van der Waals surface area contributed by atoms with Crippen molar-refractivity contribution in [3.05, 3.63) is 59.7 Å². The molecular formula is C28H36O4. The molecule has 3 rings (SSSR count). The average Bonchev–Trinajstić information content (AvgIpc) is 2.81. The zero-order valence-corrected chi connectivity index (χ0v) is 19.5. The maximum atomic E-state index is 12.5. The molecular weight excluding hydrogens is 400 g/mol. The first-order valence-corrected chi connectivity index (χ1v) is 12.2. The van der Waals surface area contributed by atoms with Crippen LogP contribution in [0.3, 0.4) is 0 Å². The van der Waals surface area contributed by atoms with Crippen molar-refractivity contribution in [3.8, 4) is 11.5 Å². The Hall–Kier alpha value is -2.62. The Morgan fingerprint density at radius 1 is 0.781 bits per heavy atom. The molecule has 0 amide bonds. The van der Waals surface area contributed by atoms with Crippen molar-refractivity contribution in [3.63, 3.8) is 0 Å². The molecule has 0 aliphatic heterocycles. The Bertz CT molecular complexity index is 846. The number of hydrogen-bond acceptors (Lipinski definition) is 4. The molecule has 1 aliphatic carbocycles. The third kappa shape index (κ3) is 7.22. The second-order valence-electron chi connectivity index (χ2n) is 8.92. The zero-order chi connectivity index (χ0) is 22.8. The van der Waals surface area contributed by atoms with Gasteiger partial charge in [-0.05, 0) is 85.9 Å². The van der Waals surface area contributed by atoms with Crippen LogP contribution in [0.4, 0.5) is 0 Å². The predicted molar refractivity (Wildman–Crippen MR) is 127 cm³/mol. The van der Waals surface area contributed by atoms with E-state index in [1.807, 2.05) is 12.1 Å². The fourth-order valence-corrected chi connectivity index (χ4v) is 4.53. The number of hydrogen-bond donors (Lipinski definition) is 0. The standard InChI is InChI=1S/C28H36O4/c1-3-5-6-8-27(29)31-25-17-19-26(20-18-25)32-28(30)24-15-13-23(14-16-24)22-11-9-21(7-4-2)10-12-22/h13-22H,3-12H2,1-2H3. The fraction of sp³-hybridized carbons (Fsp3) is 0.500. The van der Waals surface area contributed by atoms with E-state index in [0.29, 0.717) is 29.4 Å². The summed E-state index contributed by atoms with van der Waals surface area (Å²) in [5.74, 6) is 1.77. The van der Waals surface area contributed by atoms with E-state index in [-0.39, 0.29) is 11.9 Å². The Balaban J connectivity index is 1.49. The molecule has 32 heavy (non-hydrogen) atoms. The van der Waals surface area contributed by atoms with Crippen molar-refractivity contribution in [2.75, 3.05) is 0 Å². The second-order valence-corrected chi connectivity index (χ2v) is 8.92. The van der Waals surface area contributed by atoms with E-state index in [4.69, 9.17) is 9.47 Å². The SMILES string of the molecule is CCCCCC(=O)Oc1ccc(OC(=O)c2ccc(C3CCC(CCC)CC3)cc2)cc1. The molecule has 0 unspecified atom stereocenters. The summed E-state index contributed by atoms with van der Waals surface area (Å²) < 4.78 is 10.8. The van der Waals surface area contributed by atoms with Gasteiger partial charge in [-0.1, -0.05) is 51.7 Å². The molecule has 1 fully saturated rings. The Labute approximate surface area is 192 Å². The van der Waals surface area contributed by atoms with Gasteiger partial charge in [-0.3, -0.25) is 4.79 Å². The van der Waals surface area contributed by atoms with Crippen LogP contribution in [-0.4, -0.2) is 11.9 Å². The highest BCUT2D eigenvalue weighted by Crippen LogP contribution is 2.37. The molecule has 2 aromatic rings. The Morgan fingerprint density at radius 2 is 1.41 bits per heavy atom. The lowest BCUT2D eigenvalue weighted by molar-refractivity contribution is -0.134. The van der Waals surface area contributed by atoms with Crippen LogP contribution in [0.1, 0.15) is 99.9 Å². The second kappa shape index (κ2) is 12.4. The van der Waals surface area contributed by atoms with Crippen molar-refractivity contribution < 1.29 is 19.1 Å². The van der Waals surface area contributed by atoms with Gasteiger partial charge < -0.3 is 9.47 Å². The molecule has 0 spiro atoms. The van der Waals surface area contributed by atoms with Crippen molar-refractivity contribution in [2.24, 2.45) is 5.92 Å². The number of esters is 2. The number of unbranched alkanes of at least 4 members (excludes halogenated alkanes) is 2. The molecule has 172 valence electrons. The largest absolute Gasteiger partial charge is 0.427 e. The third-order valence-corrected chi connectivity index (χ3v) is 6.41. The van der Waals surface area contributed by atoms with Gasteiger partial charge in [-0.25, -0.2) is 4.79 Å². The summed E-state index contributed by atoms with van der Waals surface area (Å²) in [7, 11) is 0. The number of ether oxygens (including phenoxy) is 2. The van der Waals surface area contributed by atoms with Crippen molar-refractivity contribution in [2.45, 2.75) is 84.0 Å². The molecule has 0 atom stereocenters. The molecule has 0 bridgehead atoms. The smallest absolute Gasteiger partial charge is 0.343 e. The normalized spacial score (nSPS) is 18.2. The first-order valence-electron chi connectivity index (χ1n) is 12.2. The minimum Gasteiger partial charge on any atom is -0.427 e. The molecule has 0 radical (unpaired) electrons. The predicted octanol–water partition coefficient (Wildman–Crippen LogP) is 7.47. The zero-order valence-electron chi connectivity index (χ0n) is 19.5. The van der Waals surface area contributed by atoms with E-state index >= 15 is 0 Å². The van der Waals surface area contributed by atoms with Crippen LogP contribution in [-0.2, 0) is 4.79 Å². The summed E-state index contributed by atoms with van der Waals surface area (Å²) in [5.41, 5.74) is 1.86. The first kappa shape index (κ1) is 24.0. The monoisotopic (exact) mass is 436 g/mol. The molecule has 4 heteroatoms. The highest BCUT2D eigenvalue weighted by Gasteiger charge is 2.22. The lowest BCUT2D eigenvalue weighted by Crippen LogP contribution is -2.13. The first-order chi connectivity index (χ1) is 15.6. The topological polar surface area (TPSA) is 52.6 Å². The van der Waals surface area contributed by atoms with Gasteiger partial charge in [0.1, 0.15) is 11.5 Å². The van der Waals surface area contributed by atoms with E-state index in [1.165, 1.54) is 44.1 Å². The summed E-state index contributed by atoms with van der Waals surface area (Å²) in [4.78, 5) is 24.3. The number of carbonyl (C=O) groups is 2. The molecule has 0 heterocycles. The fourth-order valence-electron chi connectivity index (χ4n) is 4.53. The molecule has 1 aliphatic rings. The highest BCUT2D eigenvalue weighted by molar-refractivity contribution is 5.91. The van der Waals surface area contributed by atoms with Gasteiger partial charge in [0.2, 0.25) is 0 Å². The van der Waals surface area contributed by atoms with Crippen LogP contribution in [0, 0.1) is 5.92 Å². The molecule has 2 aromatic carbocycles. The quantitative estimate of drug-likeness (QED) is 0.220. The molecule has 0 saturated heterocycles. The molecule has 1 saturated carbocycles. The number of rotatable bonds is 10. The van der Waals surface area contributed by atoms with Crippen molar-refractivity contribution in [1.29, 1.82) is 0 Å². The van der Waals surface area contributed by atoms with Crippen LogP contribution in [0.15, 0.2) is 48.5 Å². The molecule has 4 nitrogen and oxygen atoms in total. The van der Waals surface area contributed by atoms with Crippen LogP contribution in [0.25, 0.3) is 0 Å². The van der Waals surface area contributed by atoms with Gasteiger partial charge in [-0.15, -0.1) is 0 Å². The average molecular weight is 437 g/mol. The maximum absolute atomic E-state index is 12.5. The van der Waals surface area contributed by atoms with Gasteiger partial charge in [0.25, 0.3) is 0 Å². The van der Waals surface area contributed by atoms with E-state index < -0.39 is 0 Å². The van der Waals surface area contributed by atoms with E-state index in [1.54, 1.807) is 24.3 Å². The van der Waals surface area contributed by atoms with Crippen LogP contribution in [0.5, 0.6) is 11.5 Å². The van der Waals surface area contributed by atoms with E-state index in [2.05, 4.69) is 26.0 Å². The van der Waals surface area contributed by atoms with Crippen LogP contribution < -0.4 is 9.47 Å². The lowest BCUT2D eigenvalue weighted by atomic mass is 9.77. The summed E-state index contributed by atoms with van der Waals surface area (Å²) in [6.45, 7) is 4.36. The molecule has 0 N–H and O–H groups in total. The van der Waals surface area contributed by atoms with Crippen molar-refractivity contribution >= 4 is 11.9 Å². The third-order valence-electron chi connectivity index (χ3n) is 6.41. The summed E-state index contributed by atoms with van der Waals surface area (Å²) >= 11 is 0. The summed E-state index contributed by atoms with van der Waals surface area (Å²) in [5, 5.41) is 0. The van der Waals surface area contributed by atoms with Gasteiger partial charge in [0, 0.05) is 6.42 Å². The van der Waals surface area contributed by atoms with Gasteiger partial charge in [0.05, 0.1) is 5.56 Å². The van der Waals surface area contributed by atoms with Crippen LogP contribution in [0.2, 0.25) is 0 Å². The van der Waals surface area contributed by atoms with Gasteiger partial charge in [0.15, 0.2) is 0 Å². The minimum absolute atomic E-state index is 0.234. The lowest BCUT2D eigenvalue weighted by Gasteiger charge is -2.28. The van der Waals surface area contributed by atoms with E-state index in [9.17, 15) is 9.59 Å². The van der Waals surface area contributed by atoms with Crippen molar-refractivity contribution in [1.82, 2.24) is 0 Å². The van der Waals surface area contributed by atoms with E-state index in [0.717, 1.165) is 25.2 Å². The van der Waals surface area contributed by atoms with Gasteiger partial charge >= 0.3 is 11.9 Å². The van der Waals surface area contributed by atoms with Crippen LogP contribution >= 0.6 is 0 Å². The van der Waals surface area contributed by atoms with Gasteiger partial charge in [-0.2, -0.15) is 0 Å². The maximum Gasteiger partial charge on any atom is 0.343 e. The molecule has 0 aromatic heterocycles. The Morgan fingerprint density at radius 3 is 2.00 bits per heavy atom. The summed E-state index contributed by atoms with van der Waals surface area (Å²) in [6.07, 6.45) is 11.1. The minimum atomic E-state index is -0.382. The highest BCUT2D eigenvalue weighted by atomic mass is 16.5.